The van der Waals surface area contributed by atoms with Gasteiger partial charge in [-0.25, -0.2) is 9.48 Å². The number of imide groups is 1. The Bertz CT molecular complexity index is 2080. The number of rotatable bonds is 12. The molecule has 0 radical (unpaired) electrons. The molecule has 0 bridgehead atoms. The lowest BCUT2D eigenvalue weighted by Crippen LogP contribution is -2.41. The maximum absolute atomic E-state index is 13.3. The van der Waals surface area contributed by atoms with E-state index in [1.807, 2.05) is 103 Å². The van der Waals surface area contributed by atoms with Crippen LogP contribution in [0.2, 0.25) is 0 Å². The van der Waals surface area contributed by atoms with E-state index in [9.17, 15) is 19.5 Å². The van der Waals surface area contributed by atoms with Gasteiger partial charge in [-0.05, 0) is 43.8 Å². The lowest BCUT2D eigenvalue weighted by atomic mass is 9.91. The fraction of sp³-hybridized carbons (Fsp3) is 0.300. The Morgan fingerprint density at radius 3 is 2.37 bits per heavy atom. The third-order valence-corrected chi connectivity index (χ3v) is 10.8. The lowest BCUT2D eigenvalue weighted by Gasteiger charge is -2.41. The van der Waals surface area contributed by atoms with Crippen molar-refractivity contribution in [2.45, 2.75) is 62.8 Å². The molecule has 14 heteroatoms. The number of hydrogen-bond acceptors (Lipinski definition) is 11. The van der Waals surface area contributed by atoms with Crippen molar-refractivity contribution >= 4 is 29.7 Å². The highest BCUT2D eigenvalue weighted by Gasteiger charge is 2.41. The van der Waals surface area contributed by atoms with E-state index >= 15 is 0 Å². The number of aliphatic hydroxyl groups is 1. The van der Waals surface area contributed by atoms with Crippen LogP contribution in [0.15, 0.2) is 108 Å². The van der Waals surface area contributed by atoms with Crippen molar-refractivity contribution in [1.29, 1.82) is 0 Å². The first-order chi connectivity index (χ1) is 26.3. The molecule has 0 aliphatic carbocycles. The minimum absolute atomic E-state index is 0.00759. The van der Waals surface area contributed by atoms with Gasteiger partial charge in [-0.3, -0.25) is 14.5 Å². The zero-order valence-corrected chi connectivity index (χ0v) is 30.6. The number of aliphatic hydroxyl groups excluding tert-OH is 1. The van der Waals surface area contributed by atoms with Gasteiger partial charge in [0, 0.05) is 24.3 Å². The van der Waals surface area contributed by atoms with Crippen molar-refractivity contribution in [3.05, 3.63) is 131 Å². The number of nitrogens with one attached hydrogen (secondary N) is 1. The van der Waals surface area contributed by atoms with Crippen LogP contribution in [0.1, 0.15) is 53.6 Å². The van der Waals surface area contributed by atoms with Crippen LogP contribution in [0, 0.1) is 5.92 Å². The molecule has 5 unspecified atom stereocenters. The second kappa shape index (κ2) is 16.7. The monoisotopic (exact) mass is 748 g/mol. The topological polar surface area (TPSA) is 158 Å². The van der Waals surface area contributed by atoms with E-state index in [0.717, 1.165) is 38.9 Å². The molecular weight excluding hydrogens is 709 g/mol. The van der Waals surface area contributed by atoms with Gasteiger partial charge >= 0.3 is 6.09 Å². The van der Waals surface area contributed by atoms with E-state index < -0.39 is 24.3 Å². The number of likely N-dealkylation sites (tertiary alicyclic amines) is 1. The van der Waals surface area contributed by atoms with Crippen molar-refractivity contribution in [1.82, 2.24) is 30.4 Å². The third kappa shape index (κ3) is 8.37. The molecule has 0 saturated carbocycles. The fourth-order valence-corrected chi connectivity index (χ4v) is 7.62. The molecule has 4 aromatic carbocycles. The highest BCUT2D eigenvalue weighted by Crippen LogP contribution is 2.43. The van der Waals surface area contributed by atoms with Crippen LogP contribution >= 0.6 is 11.8 Å². The van der Waals surface area contributed by atoms with Gasteiger partial charge in [0.25, 0.3) is 5.91 Å². The van der Waals surface area contributed by atoms with E-state index in [0.29, 0.717) is 10.9 Å². The molecule has 2 fully saturated rings. The number of carbonyl (C=O) groups excluding carboxylic acids is 3. The van der Waals surface area contributed by atoms with Gasteiger partial charge in [0.15, 0.2) is 6.29 Å². The molecule has 2 aliphatic heterocycles. The Kier molecular flexibility index (Phi) is 11.4. The summed E-state index contributed by atoms with van der Waals surface area (Å²) in [4.78, 5) is 40.0. The second-order valence-electron chi connectivity index (χ2n) is 13.3. The van der Waals surface area contributed by atoms with Gasteiger partial charge in [0.2, 0.25) is 11.1 Å². The number of alkyl carbamates (subject to hydrolysis) is 1. The molecule has 13 nitrogen and oxygen atoms in total. The molecule has 0 spiro atoms. The average Bonchev–Trinajstić information content (AvgIpc) is 3.73. The van der Waals surface area contributed by atoms with Crippen LogP contribution < -0.4 is 5.32 Å². The summed E-state index contributed by atoms with van der Waals surface area (Å²) in [5.41, 5.74) is 5.97. The number of thioether (sulfide) groups is 1. The minimum Gasteiger partial charge on any atom is -0.445 e. The number of aromatic nitrogens is 4. The Labute approximate surface area is 316 Å². The SMILES string of the molecule is CC1C(CSc2nnnn2C)OC(c2ccc(-c3ccccc3CN3C(=O)CC(NC(=O)OCc4ccccc4)C3=O)cc2)OC1c1ccc(CO)cc1. The van der Waals surface area contributed by atoms with Gasteiger partial charge in [0.1, 0.15) is 12.6 Å². The van der Waals surface area contributed by atoms with E-state index in [4.69, 9.17) is 14.2 Å². The molecule has 2 N–H and O–H groups in total. The number of nitrogens with zero attached hydrogens (tertiary/aromatic N) is 5. The zero-order chi connectivity index (χ0) is 37.6. The lowest BCUT2D eigenvalue weighted by molar-refractivity contribution is -0.268. The first kappa shape index (κ1) is 36.9. The molecule has 5 atom stereocenters. The number of amides is 3. The largest absolute Gasteiger partial charge is 0.445 e. The van der Waals surface area contributed by atoms with Gasteiger partial charge in [-0.2, -0.15) is 0 Å². The van der Waals surface area contributed by atoms with Gasteiger partial charge < -0.3 is 24.6 Å². The average molecular weight is 749 g/mol. The number of ether oxygens (including phenoxy) is 3. The van der Waals surface area contributed by atoms with Crippen molar-refractivity contribution in [3.63, 3.8) is 0 Å². The summed E-state index contributed by atoms with van der Waals surface area (Å²) in [6, 6.07) is 31.4. The molecule has 5 aromatic rings. The zero-order valence-electron chi connectivity index (χ0n) is 29.8. The normalized spacial score (nSPS) is 21.3. The maximum atomic E-state index is 13.3. The Morgan fingerprint density at radius 1 is 0.926 bits per heavy atom. The molecule has 278 valence electrons. The third-order valence-electron chi connectivity index (χ3n) is 9.67. The smallest absolute Gasteiger partial charge is 0.408 e. The summed E-state index contributed by atoms with van der Waals surface area (Å²) in [5, 5.41) is 24.6. The molecule has 7 rings (SSSR count). The second-order valence-corrected chi connectivity index (χ2v) is 14.3. The number of hydrogen-bond donors (Lipinski definition) is 2. The van der Waals surface area contributed by atoms with Crippen LogP contribution in [0.3, 0.4) is 0 Å². The van der Waals surface area contributed by atoms with E-state index in [2.05, 4.69) is 27.8 Å². The van der Waals surface area contributed by atoms with Crippen LogP contribution in [0.25, 0.3) is 11.1 Å². The number of carbonyl (C=O) groups is 3. The van der Waals surface area contributed by atoms with E-state index in [1.165, 1.54) is 16.7 Å². The van der Waals surface area contributed by atoms with E-state index in [1.54, 1.807) is 11.7 Å². The summed E-state index contributed by atoms with van der Waals surface area (Å²) < 4.78 is 20.1. The highest BCUT2D eigenvalue weighted by atomic mass is 32.2. The van der Waals surface area contributed by atoms with Gasteiger partial charge in [0.05, 0.1) is 31.8 Å². The van der Waals surface area contributed by atoms with Crippen LogP contribution in [-0.4, -0.2) is 66.0 Å². The van der Waals surface area contributed by atoms with Crippen LogP contribution in [0.5, 0.6) is 0 Å². The van der Waals surface area contributed by atoms with Crippen molar-refractivity contribution in [3.8, 4) is 11.1 Å². The molecule has 54 heavy (non-hydrogen) atoms. The molecule has 2 aliphatic rings. The molecule has 2 saturated heterocycles. The molecule has 1 aromatic heterocycles. The summed E-state index contributed by atoms with van der Waals surface area (Å²) >= 11 is 1.52. The van der Waals surface area contributed by atoms with Crippen LogP contribution in [-0.2, 0) is 50.6 Å². The minimum atomic E-state index is -0.999. The standard InChI is InChI=1S/C40H40N6O7S/c1-25-34(24-54-39-42-43-44-45(39)2)52-38(53-36(25)29-14-12-26(22-47)13-15-29)30-18-16-28(17-19-30)32-11-7-6-10-31(32)21-46-35(48)20-33(37(46)49)41-40(50)51-23-27-8-4-3-5-9-27/h3-19,25,33-34,36,38,47H,20-24H2,1-2H3,(H,41,50). The summed E-state index contributed by atoms with van der Waals surface area (Å²) in [6.45, 7) is 2.17. The fourth-order valence-electron chi connectivity index (χ4n) is 6.61. The highest BCUT2D eigenvalue weighted by molar-refractivity contribution is 7.99. The predicted molar refractivity (Wildman–Crippen MR) is 198 cm³/mol. The van der Waals surface area contributed by atoms with E-state index in [-0.39, 0.29) is 50.2 Å². The van der Waals surface area contributed by atoms with Crippen molar-refractivity contribution in [2.24, 2.45) is 13.0 Å². The quantitative estimate of drug-likeness (QED) is 0.123. The Balaban J connectivity index is 1.05. The van der Waals surface area contributed by atoms with Gasteiger partial charge in [-0.1, -0.05) is 122 Å². The first-order valence-corrected chi connectivity index (χ1v) is 18.6. The molecular formula is C40H40N6O7S. The Hall–Kier alpha value is -5.41. The predicted octanol–water partition coefficient (Wildman–Crippen LogP) is 5.51. The van der Waals surface area contributed by atoms with Crippen molar-refractivity contribution < 1.29 is 33.7 Å². The summed E-state index contributed by atoms with van der Waals surface area (Å²) in [7, 11) is 1.80. The molecule has 3 amide bonds. The van der Waals surface area contributed by atoms with Crippen molar-refractivity contribution in [2.75, 3.05) is 5.75 Å². The Morgan fingerprint density at radius 2 is 1.65 bits per heavy atom. The van der Waals surface area contributed by atoms with Gasteiger partial charge in [-0.15, -0.1) is 5.10 Å². The number of tetrazole rings is 1. The first-order valence-electron chi connectivity index (χ1n) is 17.6. The van der Waals surface area contributed by atoms with Crippen LogP contribution in [0.4, 0.5) is 4.79 Å². The summed E-state index contributed by atoms with van der Waals surface area (Å²) in [5.74, 6) is -0.258. The number of aryl methyl sites for hydroxylation is 1. The number of benzene rings is 4. The summed E-state index contributed by atoms with van der Waals surface area (Å²) in [6.07, 6.45) is -2.04. The maximum Gasteiger partial charge on any atom is 0.408 e. The molecule has 3 heterocycles.